The molecule has 3 rings (SSSR count). The van der Waals surface area contributed by atoms with Gasteiger partial charge in [0.05, 0.1) is 11.4 Å². The number of amides is 1. The van der Waals surface area contributed by atoms with Crippen LogP contribution in [0.4, 0.5) is 5.13 Å². The Morgan fingerprint density at radius 2 is 2.18 bits per heavy atom. The van der Waals surface area contributed by atoms with Crippen LogP contribution in [0.2, 0.25) is 0 Å². The van der Waals surface area contributed by atoms with Crippen molar-refractivity contribution in [2.24, 2.45) is 4.99 Å². The summed E-state index contributed by atoms with van der Waals surface area (Å²) in [6.07, 6.45) is 1.75. The maximum Gasteiger partial charge on any atom is 0.263 e. The molecule has 0 saturated heterocycles. The van der Waals surface area contributed by atoms with Crippen molar-refractivity contribution >= 4 is 38.2 Å². The predicted octanol–water partition coefficient (Wildman–Crippen LogP) is 1.21. The largest absolute Gasteiger partial charge is 0.302 e. The number of rotatable bonds is 4. The molecule has 9 heteroatoms. The first-order valence-electron chi connectivity index (χ1n) is 6.42. The second-order valence-corrected chi connectivity index (χ2v) is 7.01. The molecular formula is C13H12N4O3S2. The van der Waals surface area contributed by atoms with Gasteiger partial charge < -0.3 is 5.32 Å². The lowest BCUT2D eigenvalue weighted by molar-refractivity contribution is -0.116. The molecule has 1 aliphatic rings. The Kier molecular flexibility index (Phi) is 3.90. The van der Waals surface area contributed by atoms with E-state index in [2.05, 4.69) is 20.0 Å². The normalized spacial score (nSPS) is 17.0. The fourth-order valence-corrected chi connectivity index (χ4v) is 3.78. The van der Waals surface area contributed by atoms with Gasteiger partial charge in [0.1, 0.15) is 5.84 Å². The molecule has 7 nitrogen and oxygen atoms in total. The minimum Gasteiger partial charge on any atom is -0.302 e. The summed E-state index contributed by atoms with van der Waals surface area (Å²) in [4.78, 5) is 20.0. The Balaban J connectivity index is 1.66. The van der Waals surface area contributed by atoms with Gasteiger partial charge in [-0.05, 0) is 12.1 Å². The van der Waals surface area contributed by atoms with Gasteiger partial charge in [0.15, 0.2) is 5.13 Å². The quantitative estimate of drug-likeness (QED) is 0.876. The molecule has 1 aliphatic heterocycles. The summed E-state index contributed by atoms with van der Waals surface area (Å²) >= 11 is 1.33. The number of thiazole rings is 1. The Morgan fingerprint density at radius 3 is 2.95 bits per heavy atom. The molecule has 0 fully saturated rings. The van der Waals surface area contributed by atoms with Gasteiger partial charge in [-0.15, -0.1) is 11.3 Å². The van der Waals surface area contributed by atoms with Gasteiger partial charge in [-0.25, -0.2) is 13.4 Å². The molecule has 2 N–H and O–H groups in total. The number of anilines is 1. The van der Waals surface area contributed by atoms with Crippen molar-refractivity contribution in [3.05, 3.63) is 41.4 Å². The van der Waals surface area contributed by atoms with Crippen LogP contribution in [0.3, 0.4) is 0 Å². The summed E-state index contributed by atoms with van der Waals surface area (Å²) in [5.41, 5.74) is 0.530. The second kappa shape index (κ2) is 5.85. The van der Waals surface area contributed by atoms with Crippen molar-refractivity contribution in [3.63, 3.8) is 0 Å². The molecule has 1 aromatic carbocycles. The van der Waals surface area contributed by atoms with Crippen LogP contribution in [0.15, 0.2) is 45.7 Å². The number of carbonyl (C=O) groups excluding carboxylic acids is 1. The van der Waals surface area contributed by atoms with Crippen molar-refractivity contribution in [1.29, 1.82) is 0 Å². The number of sulfonamides is 1. The third-order valence-corrected chi connectivity index (χ3v) is 5.04. The standard InChI is InChI=1S/C13H12N4O3S2/c18-11(16-13-15-7-8-21-13)5-6-14-12-9-3-1-2-4-10(9)22(19,20)17-12/h1-4,7-8H,5-6H2,(H,14,17)(H,15,16,18). The van der Waals surface area contributed by atoms with Crippen LogP contribution in [-0.4, -0.2) is 31.7 Å². The molecule has 1 amide bonds. The summed E-state index contributed by atoms with van der Waals surface area (Å²) in [5, 5.41) is 4.94. The van der Waals surface area contributed by atoms with Crippen molar-refractivity contribution in [2.75, 3.05) is 11.9 Å². The maximum absolute atomic E-state index is 11.9. The Labute approximate surface area is 131 Å². The van der Waals surface area contributed by atoms with Crippen LogP contribution in [0, 0.1) is 0 Å². The molecular weight excluding hydrogens is 324 g/mol. The first kappa shape index (κ1) is 14.7. The average Bonchev–Trinajstić information content (AvgIpc) is 3.07. The Morgan fingerprint density at radius 1 is 1.36 bits per heavy atom. The summed E-state index contributed by atoms with van der Waals surface area (Å²) in [7, 11) is -3.54. The van der Waals surface area contributed by atoms with Gasteiger partial charge in [-0.2, -0.15) is 0 Å². The highest BCUT2D eigenvalue weighted by atomic mass is 32.2. The first-order valence-corrected chi connectivity index (χ1v) is 8.78. The lowest BCUT2D eigenvalue weighted by Crippen LogP contribution is -2.23. The number of nitrogens with one attached hydrogen (secondary N) is 2. The van der Waals surface area contributed by atoms with Crippen LogP contribution < -0.4 is 10.0 Å². The van der Waals surface area contributed by atoms with Crippen LogP contribution >= 0.6 is 11.3 Å². The highest BCUT2D eigenvalue weighted by Gasteiger charge is 2.29. The van der Waals surface area contributed by atoms with E-state index >= 15 is 0 Å². The minimum absolute atomic E-state index is 0.146. The first-order chi connectivity index (χ1) is 10.6. The number of benzene rings is 1. The molecule has 0 spiro atoms. The number of carbonyl (C=O) groups is 1. The third-order valence-electron chi connectivity index (χ3n) is 2.95. The molecule has 0 atom stereocenters. The summed E-state index contributed by atoms with van der Waals surface area (Å²) in [5.74, 6) is 0.0612. The molecule has 2 aromatic rings. The van der Waals surface area contributed by atoms with Crippen LogP contribution in [-0.2, 0) is 14.8 Å². The van der Waals surface area contributed by atoms with Gasteiger partial charge in [0.2, 0.25) is 5.91 Å². The number of nitrogens with zero attached hydrogens (tertiary/aromatic N) is 2. The van der Waals surface area contributed by atoms with E-state index in [0.29, 0.717) is 10.7 Å². The maximum atomic E-state index is 11.9. The SMILES string of the molecule is O=C(CCN=C1NS(=O)(=O)c2ccccc21)Nc1nccs1. The monoisotopic (exact) mass is 336 g/mol. The topological polar surface area (TPSA) is 101 Å². The third kappa shape index (κ3) is 3.00. The predicted molar refractivity (Wildman–Crippen MR) is 83.5 cm³/mol. The number of hydrogen-bond acceptors (Lipinski definition) is 6. The summed E-state index contributed by atoms with van der Waals surface area (Å²) in [6.45, 7) is 0.184. The molecule has 0 radical (unpaired) electrons. The van der Waals surface area contributed by atoms with Crippen molar-refractivity contribution in [2.45, 2.75) is 11.3 Å². The number of fused-ring (bicyclic) bond motifs is 1. The van der Waals surface area contributed by atoms with Crippen molar-refractivity contribution in [3.8, 4) is 0 Å². The molecule has 0 unspecified atom stereocenters. The van der Waals surface area contributed by atoms with E-state index in [1.54, 1.807) is 29.8 Å². The van der Waals surface area contributed by atoms with E-state index in [1.165, 1.54) is 17.4 Å². The minimum atomic E-state index is -3.54. The Bertz CT molecular complexity index is 829. The van der Waals surface area contributed by atoms with Crippen molar-refractivity contribution in [1.82, 2.24) is 9.71 Å². The highest BCUT2D eigenvalue weighted by Crippen LogP contribution is 2.22. The van der Waals surface area contributed by atoms with E-state index in [1.807, 2.05) is 0 Å². The number of hydrogen-bond donors (Lipinski definition) is 2. The van der Waals surface area contributed by atoms with Gasteiger partial charge >= 0.3 is 0 Å². The van der Waals surface area contributed by atoms with Gasteiger partial charge in [-0.1, -0.05) is 12.1 Å². The van der Waals surface area contributed by atoms with Gasteiger partial charge in [0, 0.05) is 23.6 Å². The van der Waals surface area contributed by atoms with Crippen LogP contribution in [0.25, 0.3) is 0 Å². The van der Waals surface area contributed by atoms with Gasteiger partial charge in [-0.3, -0.25) is 14.5 Å². The fourth-order valence-electron chi connectivity index (χ4n) is 1.99. The zero-order chi connectivity index (χ0) is 15.6. The molecule has 1 aromatic heterocycles. The molecule has 22 heavy (non-hydrogen) atoms. The zero-order valence-corrected chi connectivity index (χ0v) is 12.9. The lowest BCUT2D eigenvalue weighted by Gasteiger charge is -2.01. The number of aliphatic imine (C=N–C) groups is 1. The molecule has 0 aliphatic carbocycles. The van der Waals surface area contributed by atoms with Gasteiger partial charge in [0.25, 0.3) is 10.0 Å². The Hall–Kier alpha value is -2.26. The molecule has 0 saturated carbocycles. The van der Waals surface area contributed by atoms with E-state index in [4.69, 9.17) is 0 Å². The van der Waals surface area contributed by atoms with E-state index in [-0.39, 0.29) is 29.6 Å². The summed E-state index contributed by atoms with van der Waals surface area (Å²) in [6, 6.07) is 6.60. The highest BCUT2D eigenvalue weighted by molar-refractivity contribution is 7.90. The zero-order valence-electron chi connectivity index (χ0n) is 11.3. The molecule has 0 bridgehead atoms. The molecule has 114 valence electrons. The van der Waals surface area contributed by atoms with Crippen molar-refractivity contribution < 1.29 is 13.2 Å². The lowest BCUT2D eigenvalue weighted by atomic mass is 10.2. The van der Waals surface area contributed by atoms with Crippen LogP contribution in [0.5, 0.6) is 0 Å². The van der Waals surface area contributed by atoms with E-state index < -0.39 is 10.0 Å². The number of aromatic nitrogens is 1. The smallest absolute Gasteiger partial charge is 0.263 e. The van der Waals surface area contributed by atoms with E-state index in [0.717, 1.165) is 0 Å². The van der Waals surface area contributed by atoms with E-state index in [9.17, 15) is 13.2 Å². The average molecular weight is 336 g/mol. The molecule has 2 heterocycles. The fraction of sp³-hybridized carbons (Fsp3) is 0.154. The number of amidine groups is 1. The van der Waals surface area contributed by atoms with Crippen LogP contribution in [0.1, 0.15) is 12.0 Å². The second-order valence-electron chi connectivity index (χ2n) is 4.47. The summed E-state index contributed by atoms with van der Waals surface area (Å²) < 4.78 is 26.2.